The standard InChI is InChI=1S/C18H29NO3/c1-4-16(5-2)19-10-11-21-13-18(20,12-19)14-22-17-9-7-6-8-15(17)3/h6-9,16,20H,4-5,10-14H2,1-3H3/t18-/m0/s1. The van der Waals surface area contributed by atoms with E-state index < -0.39 is 5.60 Å². The first-order chi connectivity index (χ1) is 10.6. The van der Waals surface area contributed by atoms with Crippen LogP contribution < -0.4 is 4.74 Å². The highest BCUT2D eigenvalue weighted by Crippen LogP contribution is 2.21. The van der Waals surface area contributed by atoms with Crippen LogP contribution in [0.3, 0.4) is 0 Å². The smallest absolute Gasteiger partial charge is 0.134 e. The lowest BCUT2D eigenvalue weighted by Gasteiger charge is -2.35. The molecule has 0 unspecified atom stereocenters. The fourth-order valence-corrected chi connectivity index (χ4v) is 3.08. The van der Waals surface area contributed by atoms with Gasteiger partial charge in [-0.25, -0.2) is 0 Å². The van der Waals surface area contributed by atoms with Crippen molar-refractivity contribution in [2.45, 2.75) is 45.3 Å². The van der Waals surface area contributed by atoms with Crippen molar-refractivity contribution in [3.8, 4) is 5.75 Å². The average molecular weight is 307 g/mol. The van der Waals surface area contributed by atoms with Gasteiger partial charge in [0.25, 0.3) is 0 Å². The molecule has 0 aliphatic carbocycles. The summed E-state index contributed by atoms with van der Waals surface area (Å²) in [5.41, 5.74) is 0.124. The largest absolute Gasteiger partial charge is 0.490 e. The number of para-hydroxylation sites is 1. The van der Waals surface area contributed by atoms with Crippen molar-refractivity contribution in [2.24, 2.45) is 0 Å². The Morgan fingerprint density at radius 3 is 2.73 bits per heavy atom. The van der Waals surface area contributed by atoms with Crippen LogP contribution in [0.1, 0.15) is 32.3 Å². The van der Waals surface area contributed by atoms with E-state index in [0.717, 1.165) is 30.7 Å². The van der Waals surface area contributed by atoms with E-state index in [-0.39, 0.29) is 6.61 Å². The molecule has 0 radical (unpaired) electrons. The predicted octanol–water partition coefficient (Wildman–Crippen LogP) is 2.63. The molecule has 2 rings (SSSR count). The van der Waals surface area contributed by atoms with E-state index in [4.69, 9.17) is 9.47 Å². The van der Waals surface area contributed by atoms with Crippen molar-refractivity contribution < 1.29 is 14.6 Å². The summed E-state index contributed by atoms with van der Waals surface area (Å²) in [4.78, 5) is 2.34. The van der Waals surface area contributed by atoms with Crippen molar-refractivity contribution in [3.05, 3.63) is 29.8 Å². The zero-order valence-corrected chi connectivity index (χ0v) is 14.0. The summed E-state index contributed by atoms with van der Waals surface area (Å²) < 4.78 is 11.5. The minimum absolute atomic E-state index is 0.258. The summed E-state index contributed by atoms with van der Waals surface area (Å²) in [6.07, 6.45) is 2.18. The van der Waals surface area contributed by atoms with Gasteiger partial charge in [0.15, 0.2) is 0 Å². The number of nitrogens with zero attached hydrogens (tertiary/aromatic N) is 1. The Hall–Kier alpha value is -1.10. The minimum atomic E-state index is -0.957. The van der Waals surface area contributed by atoms with Gasteiger partial charge in [0.1, 0.15) is 18.0 Å². The summed E-state index contributed by atoms with van der Waals surface area (Å²) in [5.74, 6) is 0.828. The SMILES string of the molecule is CCC(CC)N1CCOC[C@](O)(COc2ccccc2C)C1. The van der Waals surface area contributed by atoms with Crippen LogP contribution in [0, 0.1) is 6.92 Å². The third-order valence-corrected chi connectivity index (χ3v) is 4.44. The molecule has 1 N–H and O–H groups in total. The third-order valence-electron chi connectivity index (χ3n) is 4.44. The second-order valence-corrected chi connectivity index (χ2v) is 6.27. The van der Waals surface area contributed by atoms with E-state index in [9.17, 15) is 5.11 Å². The lowest BCUT2D eigenvalue weighted by Crippen LogP contribution is -2.51. The molecule has 1 aromatic carbocycles. The van der Waals surface area contributed by atoms with Crippen LogP contribution in [0.5, 0.6) is 5.75 Å². The van der Waals surface area contributed by atoms with Gasteiger partial charge in [-0.15, -0.1) is 0 Å². The molecule has 1 heterocycles. The first kappa shape index (κ1) is 17.3. The van der Waals surface area contributed by atoms with Gasteiger partial charge in [-0.2, -0.15) is 0 Å². The van der Waals surface area contributed by atoms with E-state index in [0.29, 0.717) is 25.8 Å². The number of β-amino-alcohol motifs (C(OH)–C–C–N with tert-alkyl or cyclic N) is 1. The highest BCUT2D eigenvalue weighted by molar-refractivity contribution is 5.31. The van der Waals surface area contributed by atoms with Crippen LogP contribution in [0.25, 0.3) is 0 Å². The molecule has 1 aromatic rings. The monoisotopic (exact) mass is 307 g/mol. The van der Waals surface area contributed by atoms with Gasteiger partial charge in [0.05, 0.1) is 13.2 Å². The van der Waals surface area contributed by atoms with Gasteiger partial charge < -0.3 is 14.6 Å². The maximum atomic E-state index is 10.9. The third kappa shape index (κ3) is 4.45. The number of benzene rings is 1. The number of rotatable bonds is 6. The topological polar surface area (TPSA) is 41.9 Å². The molecule has 4 nitrogen and oxygen atoms in total. The molecule has 4 heteroatoms. The number of hydrogen-bond acceptors (Lipinski definition) is 4. The predicted molar refractivity (Wildman–Crippen MR) is 88.4 cm³/mol. The fraction of sp³-hybridized carbons (Fsp3) is 0.667. The Morgan fingerprint density at radius 1 is 1.32 bits per heavy atom. The molecule has 0 aromatic heterocycles. The molecule has 0 saturated carbocycles. The number of aliphatic hydroxyl groups is 1. The first-order valence-electron chi connectivity index (χ1n) is 8.30. The molecule has 22 heavy (non-hydrogen) atoms. The molecule has 1 aliphatic rings. The molecule has 1 saturated heterocycles. The Morgan fingerprint density at radius 2 is 2.05 bits per heavy atom. The zero-order chi connectivity index (χ0) is 16.0. The zero-order valence-electron chi connectivity index (χ0n) is 14.0. The molecule has 0 amide bonds. The van der Waals surface area contributed by atoms with E-state index in [1.165, 1.54) is 0 Å². The summed E-state index contributed by atoms with van der Waals surface area (Å²) in [6, 6.07) is 8.38. The molecule has 1 aliphatic heterocycles. The highest BCUT2D eigenvalue weighted by Gasteiger charge is 2.35. The normalized spacial score (nSPS) is 23.5. The number of ether oxygens (including phenoxy) is 2. The van der Waals surface area contributed by atoms with E-state index in [2.05, 4.69) is 18.7 Å². The first-order valence-corrected chi connectivity index (χ1v) is 8.30. The molecule has 1 atom stereocenters. The van der Waals surface area contributed by atoms with Crippen molar-refractivity contribution >= 4 is 0 Å². The Kier molecular flexibility index (Phi) is 6.24. The summed E-state index contributed by atoms with van der Waals surface area (Å²) >= 11 is 0. The molecule has 0 spiro atoms. The lowest BCUT2D eigenvalue weighted by molar-refractivity contribution is -0.0674. The second-order valence-electron chi connectivity index (χ2n) is 6.27. The van der Waals surface area contributed by atoms with Crippen LogP contribution in [-0.2, 0) is 4.74 Å². The maximum absolute atomic E-state index is 10.9. The quantitative estimate of drug-likeness (QED) is 0.877. The van der Waals surface area contributed by atoms with Gasteiger partial charge in [-0.05, 0) is 31.4 Å². The van der Waals surface area contributed by atoms with Gasteiger partial charge in [0.2, 0.25) is 0 Å². The maximum Gasteiger partial charge on any atom is 0.134 e. The Balaban J connectivity index is 2.02. The van der Waals surface area contributed by atoms with E-state index in [1.807, 2.05) is 31.2 Å². The Labute approximate surface area is 134 Å². The minimum Gasteiger partial charge on any atom is -0.490 e. The second kappa shape index (κ2) is 7.95. The molecule has 1 fully saturated rings. The molecule has 124 valence electrons. The summed E-state index contributed by atoms with van der Waals surface area (Å²) in [6.45, 7) is 9.14. The fourth-order valence-electron chi connectivity index (χ4n) is 3.08. The van der Waals surface area contributed by atoms with Gasteiger partial charge >= 0.3 is 0 Å². The number of hydrogen-bond donors (Lipinski definition) is 1. The highest BCUT2D eigenvalue weighted by atomic mass is 16.5. The van der Waals surface area contributed by atoms with Crippen molar-refractivity contribution in [1.29, 1.82) is 0 Å². The van der Waals surface area contributed by atoms with E-state index in [1.54, 1.807) is 0 Å². The van der Waals surface area contributed by atoms with Crippen LogP contribution in [0.15, 0.2) is 24.3 Å². The van der Waals surface area contributed by atoms with Crippen LogP contribution in [0.4, 0.5) is 0 Å². The molecular weight excluding hydrogens is 278 g/mol. The number of aryl methyl sites for hydroxylation is 1. The van der Waals surface area contributed by atoms with Crippen LogP contribution in [0.2, 0.25) is 0 Å². The molecular formula is C18H29NO3. The summed E-state index contributed by atoms with van der Waals surface area (Å²) in [7, 11) is 0. The van der Waals surface area contributed by atoms with Gasteiger partial charge in [-0.3, -0.25) is 4.90 Å². The van der Waals surface area contributed by atoms with Crippen LogP contribution >= 0.6 is 0 Å². The van der Waals surface area contributed by atoms with E-state index >= 15 is 0 Å². The summed E-state index contributed by atoms with van der Waals surface area (Å²) in [5, 5.41) is 10.9. The van der Waals surface area contributed by atoms with Crippen molar-refractivity contribution in [2.75, 3.05) is 32.9 Å². The Bertz CT molecular complexity index is 461. The lowest BCUT2D eigenvalue weighted by atomic mass is 10.0. The van der Waals surface area contributed by atoms with Gasteiger partial charge in [0, 0.05) is 19.1 Å². The van der Waals surface area contributed by atoms with Gasteiger partial charge in [-0.1, -0.05) is 32.0 Å². The average Bonchev–Trinajstić information content (AvgIpc) is 2.70. The van der Waals surface area contributed by atoms with Crippen LogP contribution in [-0.4, -0.2) is 54.6 Å². The van der Waals surface area contributed by atoms with Crippen molar-refractivity contribution in [3.63, 3.8) is 0 Å². The van der Waals surface area contributed by atoms with Crippen molar-refractivity contribution in [1.82, 2.24) is 4.90 Å². The molecule has 0 bridgehead atoms.